The van der Waals surface area contributed by atoms with Crippen LogP contribution in [0.1, 0.15) is 39.5 Å². The predicted molar refractivity (Wildman–Crippen MR) is 81.1 cm³/mol. The Kier molecular flexibility index (Phi) is 3.71. The van der Waals surface area contributed by atoms with Crippen molar-refractivity contribution in [3.8, 4) is 0 Å². The molecule has 20 heavy (non-hydrogen) atoms. The molecule has 2 aromatic rings. The van der Waals surface area contributed by atoms with Gasteiger partial charge in [-0.1, -0.05) is 13.8 Å². The van der Waals surface area contributed by atoms with E-state index in [0.717, 1.165) is 42.8 Å². The zero-order valence-electron chi connectivity index (χ0n) is 12.2. The summed E-state index contributed by atoms with van der Waals surface area (Å²) in [6.07, 6.45) is 6.54. The minimum Gasteiger partial charge on any atom is -0.354 e. The average Bonchev–Trinajstić information content (AvgIpc) is 3.19. The highest BCUT2D eigenvalue weighted by atomic mass is 15.3. The number of nitrogens with zero attached hydrogens (tertiary/aromatic N) is 4. The molecule has 1 aliphatic carbocycles. The quantitative estimate of drug-likeness (QED) is 0.812. The van der Waals surface area contributed by atoms with Gasteiger partial charge in [-0.2, -0.15) is 15.1 Å². The molecule has 2 aromatic heterocycles. The third-order valence-electron chi connectivity index (χ3n) is 3.55. The minimum absolute atomic E-state index is 0.641. The number of H-pyrrole nitrogens is 1. The second kappa shape index (κ2) is 5.64. The topological polar surface area (TPSA) is 69.7 Å². The van der Waals surface area contributed by atoms with Gasteiger partial charge in [-0.15, -0.1) is 0 Å². The Hall–Kier alpha value is -1.85. The lowest BCUT2D eigenvalue weighted by Crippen LogP contribution is -2.28. The first-order valence-electron chi connectivity index (χ1n) is 7.55. The molecule has 0 saturated heterocycles. The third-order valence-corrected chi connectivity index (χ3v) is 3.55. The number of anilines is 2. The summed E-state index contributed by atoms with van der Waals surface area (Å²) in [6, 6.07) is 0.641. The molecule has 2 heterocycles. The highest BCUT2D eigenvalue weighted by molar-refractivity contribution is 5.87. The summed E-state index contributed by atoms with van der Waals surface area (Å²) in [7, 11) is 0. The van der Waals surface area contributed by atoms with E-state index >= 15 is 0 Å². The van der Waals surface area contributed by atoms with Crippen LogP contribution in [0.3, 0.4) is 0 Å². The number of fused-ring (bicyclic) bond motifs is 1. The molecule has 0 radical (unpaired) electrons. The lowest BCUT2D eigenvalue weighted by Gasteiger charge is -2.23. The molecular formula is C14H22N6. The normalized spacial score (nSPS) is 14.7. The van der Waals surface area contributed by atoms with Crippen LogP contribution < -0.4 is 10.2 Å². The van der Waals surface area contributed by atoms with Crippen molar-refractivity contribution >= 4 is 22.8 Å². The summed E-state index contributed by atoms with van der Waals surface area (Å²) in [5.41, 5.74) is 0.815. The van der Waals surface area contributed by atoms with E-state index in [4.69, 9.17) is 4.98 Å². The Morgan fingerprint density at radius 3 is 2.85 bits per heavy atom. The van der Waals surface area contributed by atoms with Gasteiger partial charge in [-0.3, -0.25) is 5.10 Å². The van der Waals surface area contributed by atoms with Gasteiger partial charge in [0.25, 0.3) is 0 Å². The molecule has 6 heteroatoms. The van der Waals surface area contributed by atoms with Crippen molar-refractivity contribution < 1.29 is 0 Å². The van der Waals surface area contributed by atoms with Crippen LogP contribution in [0.25, 0.3) is 11.0 Å². The molecule has 0 aromatic carbocycles. The largest absolute Gasteiger partial charge is 0.354 e. The zero-order valence-corrected chi connectivity index (χ0v) is 12.2. The van der Waals surface area contributed by atoms with E-state index in [1.807, 2.05) is 6.20 Å². The Labute approximate surface area is 119 Å². The summed E-state index contributed by atoms with van der Waals surface area (Å²) < 4.78 is 0. The number of nitrogens with one attached hydrogen (secondary N) is 2. The lowest BCUT2D eigenvalue weighted by atomic mass is 10.3. The number of rotatable bonds is 7. The van der Waals surface area contributed by atoms with Gasteiger partial charge in [-0.05, 0) is 25.7 Å². The van der Waals surface area contributed by atoms with Crippen molar-refractivity contribution in [2.75, 3.05) is 23.3 Å². The first-order valence-corrected chi connectivity index (χ1v) is 7.55. The molecular weight excluding hydrogens is 252 g/mol. The van der Waals surface area contributed by atoms with Crippen LogP contribution in [0.2, 0.25) is 0 Å². The van der Waals surface area contributed by atoms with Crippen LogP contribution in [-0.4, -0.2) is 39.3 Å². The second-order valence-electron chi connectivity index (χ2n) is 5.35. The molecule has 2 N–H and O–H groups in total. The monoisotopic (exact) mass is 274 g/mol. The van der Waals surface area contributed by atoms with E-state index in [0.29, 0.717) is 12.0 Å². The summed E-state index contributed by atoms with van der Waals surface area (Å²) in [4.78, 5) is 11.6. The Bertz CT molecular complexity index is 574. The summed E-state index contributed by atoms with van der Waals surface area (Å²) in [5, 5.41) is 11.4. The standard InChI is InChI=1S/C14H22N6/c1-3-7-15-14-17-12-11(9-16-19-12)13(18-14)20(8-4-2)10-5-6-10/h9-10H,3-8H2,1-2H3,(H2,15,16,17,18,19). The number of aromatic nitrogens is 4. The van der Waals surface area contributed by atoms with E-state index in [-0.39, 0.29) is 0 Å². The van der Waals surface area contributed by atoms with Crippen molar-refractivity contribution in [3.05, 3.63) is 6.20 Å². The van der Waals surface area contributed by atoms with Crippen LogP contribution in [0.15, 0.2) is 6.20 Å². The van der Waals surface area contributed by atoms with Crippen LogP contribution >= 0.6 is 0 Å². The second-order valence-corrected chi connectivity index (χ2v) is 5.35. The van der Waals surface area contributed by atoms with E-state index in [2.05, 4.69) is 39.2 Å². The molecule has 108 valence electrons. The fourth-order valence-electron chi connectivity index (χ4n) is 2.44. The summed E-state index contributed by atoms with van der Waals surface area (Å²) >= 11 is 0. The van der Waals surface area contributed by atoms with Crippen molar-refractivity contribution in [2.45, 2.75) is 45.6 Å². The van der Waals surface area contributed by atoms with Gasteiger partial charge in [0.05, 0.1) is 11.6 Å². The fraction of sp³-hybridized carbons (Fsp3) is 0.643. The third kappa shape index (κ3) is 2.55. The maximum Gasteiger partial charge on any atom is 0.226 e. The highest BCUT2D eigenvalue weighted by Gasteiger charge is 2.31. The predicted octanol–water partition coefficient (Wildman–Crippen LogP) is 2.55. The van der Waals surface area contributed by atoms with E-state index in [1.54, 1.807) is 0 Å². The lowest BCUT2D eigenvalue weighted by molar-refractivity contribution is 0.753. The van der Waals surface area contributed by atoms with Gasteiger partial charge >= 0.3 is 0 Å². The molecule has 0 atom stereocenters. The average molecular weight is 274 g/mol. The Balaban J connectivity index is 1.99. The van der Waals surface area contributed by atoms with E-state index < -0.39 is 0 Å². The zero-order chi connectivity index (χ0) is 13.9. The molecule has 1 fully saturated rings. The molecule has 1 aliphatic rings. The maximum absolute atomic E-state index is 4.73. The highest BCUT2D eigenvalue weighted by Crippen LogP contribution is 2.34. The molecule has 0 bridgehead atoms. The Morgan fingerprint density at radius 2 is 2.15 bits per heavy atom. The van der Waals surface area contributed by atoms with Crippen molar-refractivity contribution in [1.82, 2.24) is 20.2 Å². The van der Waals surface area contributed by atoms with Gasteiger partial charge < -0.3 is 10.2 Å². The number of aromatic amines is 1. The van der Waals surface area contributed by atoms with Gasteiger partial charge in [0.2, 0.25) is 5.95 Å². The van der Waals surface area contributed by atoms with Gasteiger partial charge in [0, 0.05) is 19.1 Å². The van der Waals surface area contributed by atoms with Crippen LogP contribution in [-0.2, 0) is 0 Å². The molecule has 6 nitrogen and oxygen atoms in total. The molecule has 0 unspecified atom stereocenters. The van der Waals surface area contributed by atoms with Crippen LogP contribution in [0, 0.1) is 0 Å². The van der Waals surface area contributed by atoms with Gasteiger partial charge in [-0.25, -0.2) is 0 Å². The minimum atomic E-state index is 0.641. The fourth-order valence-corrected chi connectivity index (χ4v) is 2.44. The van der Waals surface area contributed by atoms with Crippen molar-refractivity contribution in [2.24, 2.45) is 0 Å². The maximum atomic E-state index is 4.73. The summed E-state index contributed by atoms with van der Waals surface area (Å²) in [5.74, 6) is 1.71. The number of hydrogen-bond donors (Lipinski definition) is 2. The molecule has 0 spiro atoms. The van der Waals surface area contributed by atoms with Gasteiger partial charge in [0.15, 0.2) is 5.65 Å². The Morgan fingerprint density at radius 1 is 1.30 bits per heavy atom. The first-order chi connectivity index (χ1) is 9.83. The molecule has 3 rings (SSSR count). The van der Waals surface area contributed by atoms with Gasteiger partial charge in [0.1, 0.15) is 5.82 Å². The van der Waals surface area contributed by atoms with Crippen molar-refractivity contribution in [1.29, 1.82) is 0 Å². The molecule has 0 aliphatic heterocycles. The SMILES string of the molecule is CCCNc1nc(N(CCC)C2CC2)c2cn[nH]c2n1. The van der Waals surface area contributed by atoms with E-state index in [9.17, 15) is 0 Å². The van der Waals surface area contributed by atoms with Crippen molar-refractivity contribution in [3.63, 3.8) is 0 Å². The van der Waals surface area contributed by atoms with Crippen LogP contribution in [0.5, 0.6) is 0 Å². The smallest absolute Gasteiger partial charge is 0.226 e. The molecule has 1 saturated carbocycles. The van der Waals surface area contributed by atoms with Crippen LogP contribution in [0.4, 0.5) is 11.8 Å². The summed E-state index contributed by atoms with van der Waals surface area (Å²) in [6.45, 7) is 6.26. The first kappa shape index (κ1) is 13.1. The van der Waals surface area contributed by atoms with E-state index in [1.165, 1.54) is 12.8 Å². The number of hydrogen-bond acceptors (Lipinski definition) is 5. The molecule has 0 amide bonds.